The van der Waals surface area contributed by atoms with E-state index in [2.05, 4.69) is 72.2 Å². The van der Waals surface area contributed by atoms with Crippen molar-refractivity contribution in [1.29, 1.82) is 0 Å². The minimum Gasteiger partial charge on any atom is -0.457 e. The first-order chi connectivity index (χ1) is 17.4. The first kappa shape index (κ1) is 33.9. The van der Waals surface area contributed by atoms with E-state index in [-0.39, 0.29) is 19.6 Å². The lowest BCUT2D eigenvalue weighted by atomic mass is 10.2. The Hall–Kier alpha value is -2.06. The Morgan fingerprint density at radius 2 is 1.31 bits per heavy atom. The van der Waals surface area contributed by atoms with Crippen molar-refractivity contribution in [2.45, 2.75) is 64.4 Å². The molecule has 0 aliphatic carbocycles. The van der Waals surface area contributed by atoms with Gasteiger partial charge in [-0.1, -0.05) is 79.8 Å². The Bertz CT molecular complexity index is 772. The fourth-order valence-corrected chi connectivity index (χ4v) is 3.36. The quantitative estimate of drug-likeness (QED) is 0.0966. The molecule has 2 atom stereocenters. The molecular weight excluding hydrogens is 481 g/mol. The second-order valence-electron chi connectivity index (χ2n) is 7.63. The topological polar surface area (TPSA) is 128 Å². The van der Waals surface area contributed by atoms with E-state index in [1.54, 1.807) is 0 Å². The van der Waals surface area contributed by atoms with Crippen LogP contribution >= 0.6 is 7.82 Å². The van der Waals surface area contributed by atoms with Crippen molar-refractivity contribution in [3.8, 4) is 0 Å². The van der Waals surface area contributed by atoms with Crippen LogP contribution in [0.15, 0.2) is 72.9 Å². The summed E-state index contributed by atoms with van der Waals surface area (Å²) in [5.41, 5.74) is 5.19. The van der Waals surface area contributed by atoms with Gasteiger partial charge in [0.25, 0.3) is 0 Å². The number of carbonyl (C=O) groups excluding carboxylic acids is 1. The van der Waals surface area contributed by atoms with Gasteiger partial charge in [-0.3, -0.25) is 13.8 Å². The molecule has 204 valence electrons. The number of aliphatic hydroxyl groups is 1. The fraction of sp³-hybridized carbons (Fsp3) is 0.519. The molecule has 0 aromatic carbocycles. The molecule has 4 N–H and O–H groups in total. The van der Waals surface area contributed by atoms with Gasteiger partial charge in [-0.15, -0.1) is 0 Å². The highest BCUT2D eigenvalue weighted by atomic mass is 31.2. The predicted octanol–water partition coefficient (Wildman–Crippen LogP) is 5.46. The van der Waals surface area contributed by atoms with E-state index >= 15 is 0 Å². The van der Waals surface area contributed by atoms with Gasteiger partial charge in [-0.05, 0) is 44.9 Å². The monoisotopic (exact) mass is 525 g/mol. The van der Waals surface area contributed by atoms with Crippen LogP contribution in [0.25, 0.3) is 0 Å². The third kappa shape index (κ3) is 23.7. The van der Waals surface area contributed by atoms with E-state index in [0.29, 0.717) is 6.42 Å². The number of allylic oxidation sites excluding steroid dienone is 12. The zero-order valence-electron chi connectivity index (χ0n) is 21.5. The fourth-order valence-electron chi connectivity index (χ4n) is 2.59. The van der Waals surface area contributed by atoms with Crippen molar-refractivity contribution in [3.05, 3.63) is 72.9 Å². The van der Waals surface area contributed by atoms with Crippen molar-refractivity contribution in [2.75, 3.05) is 26.4 Å². The number of hydrogen-bond acceptors (Lipinski definition) is 7. The van der Waals surface area contributed by atoms with Crippen LogP contribution in [0, 0.1) is 0 Å². The zero-order chi connectivity index (χ0) is 26.7. The largest absolute Gasteiger partial charge is 0.472 e. The van der Waals surface area contributed by atoms with Crippen LogP contribution in [0.3, 0.4) is 0 Å². The third-order valence-corrected chi connectivity index (χ3v) is 5.39. The van der Waals surface area contributed by atoms with Crippen LogP contribution in [0.5, 0.6) is 0 Å². The Kier molecular flexibility index (Phi) is 23.2. The van der Waals surface area contributed by atoms with Gasteiger partial charge in [0, 0.05) is 13.0 Å². The van der Waals surface area contributed by atoms with E-state index in [9.17, 15) is 19.4 Å². The SMILES string of the molecule is CC/C=C\C/C=C\C/C=C\C/C=C\C/C=C\C/C=C\CCC(=O)O[C@H](CO)COP(=O)(O)OCCN. The average Bonchev–Trinajstić information content (AvgIpc) is 2.86. The average molecular weight is 526 g/mol. The smallest absolute Gasteiger partial charge is 0.457 e. The summed E-state index contributed by atoms with van der Waals surface area (Å²) in [5.74, 6) is -0.534. The van der Waals surface area contributed by atoms with Gasteiger partial charge in [0.15, 0.2) is 0 Å². The lowest BCUT2D eigenvalue weighted by molar-refractivity contribution is -0.153. The molecule has 0 saturated carbocycles. The van der Waals surface area contributed by atoms with Crippen LogP contribution in [0.1, 0.15) is 58.3 Å². The molecule has 0 aliphatic rings. The summed E-state index contributed by atoms with van der Waals surface area (Å²) in [6, 6.07) is 0. The highest BCUT2D eigenvalue weighted by molar-refractivity contribution is 7.47. The molecule has 9 heteroatoms. The first-order valence-electron chi connectivity index (χ1n) is 12.5. The lowest BCUT2D eigenvalue weighted by Crippen LogP contribution is -2.27. The molecular formula is C27H44NO7P. The minimum atomic E-state index is -4.29. The summed E-state index contributed by atoms with van der Waals surface area (Å²) in [6.07, 6.45) is 30.5. The number of nitrogens with two attached hydrogens (primary N) is 1. The molecule has 8 nitrogen and oxygen atoms in total. The molecule has 0 amide bonds. The summed E-state index contributed by atoms with van der Waals surface area (Å²) >= 11 is 0. The molecule has 0 saturated heterocycles. The van der Waals surface area contributed by atoms with Crippen molar-refractivity contribution in [1.82, 2.24) is 0 Å². The van der Waals surface area contributed by atoms with E-state index in [1.165, 1.54) is 0 Å². The van der Waals surface area contributed by atoms with Gasteiger partial charge in [0.1, 0.15) is 6.10 Å². The summed E-state index contributed by atoms with van der Waals surface area (Å²) in [4.78, 5) is 21.3. The van der Waals surface area contributed by atoms with E-state index in [0.717, 1.165) is 38.5 Å². The molecule has 1 unspecified atom stereocenters. The van der Waals surface area contributed by atoms with Crippen molar-refractivity contribution >= 4 is 13.8 Å². The zero-order valence-corrected chi connectivity index (χ0v) is 22.3. The molecule has 0 radical (unpaired) electrons. The Balaban J connectivity index is 3.87. The molecule has 0 bridgehead atoms. The molecule has 0 rings (SSSR count). The third-order valence-electron chi connectivity index (χ3n) is 4.41. The van der Waals surface area contributed by atoms with Gasteiger partial charge in [-0.2, -0.15) is 0 Å². The van der Waals surface area contributed by atoms with E-state index in [1.807, 2.05) is 12.2 Å². The lowest BCUT2D eigenvalue weighted by Gasteiger charge is -2.17. The molecule has 0 aliphatic heterocycles. The first-order valence-corrected chi connectivity index (χ1v) is 14.0. The summed E-state index contributed by atoms with van der Waals surface area (Å²) < 4.78 is 25.9. The predicted molar refractivity (Wildman–Crippen MR) is 145 cm³/mol. The highest BCUT2D eigenvalue weighted by Crippen LogP contribution is 2.42. The van der Waals surface area contributed by atoms with Crippen molar-refractivity contribution < 1.29 is 33.1 Å². The normalized spacial score (nSPS) is 15.3. The standard InChI is InChI=1S/C27H44NO7P/c1-2-3-4-5-6-7-8-9-10-11-12-13-14-15-16-17-18-19-20-21-27(30)35-26(24-29)25-34-36(31,32)33-23-22-28/h3-4,6-7,9-10,12-13,15-16,18-19,26,29H,2,5,8,11,14,17,20-25,28H2,1H3,(H,31,32)/b4-3-,7-6-,10-9-,13-12-,16-15-,19-18-/t26-/m1/s1. The number of ether oxygens (including phenoxy) is 1. The van der Waals surface area contributed by atoms with Crippen LogP contribution in [-0.2, 0) is 23.1 Å². The molecule has 36 heavy (non-hydrogen) atoms. The molecule has 0 fully saturated rings. The number of hydrogen-bond donors (Lipinski definition) is 3. The maximum Gasteiger partial charge on any atom is 0.472 e. The van der Waals surface area contributed by atoms with Crippen LogP contribution in [0.4, 0.5) is 0 Å². The number of esters is 1. The maximum absolute atomic E-state index is 11.9. The summed E-state index contributed by atoms with van der Waals surface area (Å²) in [7, 11) is -4.29. The number of aliphatic hydroxyl groups excluding tert-OH is 1. The van der Waals surface area contributed by atoms with Crippen LogP contribution < -0.4 is 5.73 Å². The molecule has 0 spiro atoms. The van der Waals surface area contributed by atoms with Gasteiger partial charge < -0.3 is 20.5 Å². The second-order valence-corrected chi connectivity index (χ2v) is 9.09. The Labute approximate surface area is 216 Å². The molecule has 0 heterocycles. The Morgan fingerprint density at radius 1 is 0.833 bits per heavy atom. The maximum atomic E-state index is 11.9. The number of carbonyl (C=O) groups is 1. The second kappa shape index (κ2) is 24.6. The van der Waals surface area contributed by atoms with Gasteiger partial charge in [0.2, 0.25) is 0 Å². The van der Waals surface area contributed by atoms with Gasteiger partial charge in [0.05, 0.1) is 19.8 Å². The van der Waals surface area contributed by atoms with Crippen molar-refractivity contribution in [3.63, 3.8) is 0 Å². The van der Waals surface area contributed by atoms with E-state index in [4.69, 9.17) is 15.0 Å². The Morgan fingerprint density at radius 3 is 1.75 bits per heavy atom. The number of phosphoric acid groups is 1. The molecule has 0 aromatic rings. The van der Waals surface area contributed by atoms with Crippen molar-refractivity contribution in [2.24, 2.45) is 5.73 Å². The van der Waals surface area contributed by atoms with E-state index < -0.39 is 33.1 Å². The molecule has 0 aromatic heterocycles. The van der Waals surface area contributed by atoms with Gasteiger partial charge >= 0.3 is 13.8 Å². The van der Waals surface area contributed by atoms with Gasteiger partial charge in [-0.25, -0.2) is 4.57 Å². The number of phosphoric ester groups is 1. The summed E-state index contributed by atoms with van der Waals surface area (Å²) in [5, 5.41) is 9.26. The minimum absolute atomic E-state index is 0.0565. The number of rotatable bonds is 22. The summed E-state index contributed by atoms with van der Waals surface area (Å²) in [6.45, 7) is 1.04. The van der Waals surface area contributed by atoms with Crippen LogP contribution in [-0.4, -0.2) is 48.4 Å². The van der Waals surface area contributed by atoms with Crippen LogP contribution in [0.2, 0.25) is 0 Å². The highest BCUT2D eigenvalue weighted by Gasteiger charge is 2.24.